The summed E-state index contributed by atoms with van der Waals surface area (Å²) < 4.78 is 11.4. The molecule has 0 radical (unpaired) electrons. The third-order valence-corrected chi connectivity index (χ3v) is 5.84. The van der Waals surface area contributed by atoms with Gasteiger partial charge in [0.25, 0.3) is 5.56 Å². The molecule has 1 aliphatic rings. The van der Waals surface area contributed by atoms with Crippen molar-refractivity contribution < 1.29 is 9.53 Å². The molecule has 0 aromatic carbocycles. The van der Waals surface area contributed by atoms with Crippen molar-refractivity contribution in [2.75, 3.05) is 18.1 Å². The number of carbonyl (C=O) groups is 1. The second-order valence-corrected chi connectivity index (χ2v) is 8.00. The Kier molecular flexibility index (Phi) is 5.81. The van der Waals surface area contributed by atoms with Crippen LogP contribution < -0.4 is 11.3 Å². The Hall–Kier alpha value is -2.39. The van der Waals surface area contributed by atoms with E-state index in [0.717, 1.165) is 17.3 Å². The standard InChI is InChI=1S/C18H20N4O3S2/c1-4-25-14-8-11(5-6-13(14)23)7-12-15(19)22-17(20-16(12)24)27-21-18(22)26-9-10(2)3/h5-8,10H,4,9,19H2,1-3H3. The lowest BCUT2D eigenvalue weighted by Crippen LogP contribution is -2.17. The molecule has 0 atom stereocenters. The maximum absolute atomic E-state index is 12.5. The molecule has 0 saturated heterocycles. The Morgan fingerprint density at radius 1 is 1.37 bits per heavy atom. The largest absolute Gasteiger partial charge is 0.490 e. The molecular weight excluding hydrogens is 384 g/mol. The number of thioether (sulfide) groups is 1. The molecule has 2 aromatic heterocycles. The van der Waals surface area contributed by atoms with Crippen molar-refractivity contribution in [3.05, 3.63) is 45.5 Å². The summed E-state index contributed by atoms with van der Waals surface area (Å²) >= 11 is 2.72. The highest BCUT2D eigenvalue weighted by Gasteiger charge is 2.17. The van der Waals surface area contributed by atoms with Gasteiger partial charge in [-0.05, 0) is 36.6 Å². The van der Waals surface area contributed by atoms with Crippen LogP contribution in [0.4, 0.5) is 5.82 Å². The van der Waals surface area contributed by atoms with Gasteiger partial charge in [0.2, 0.25) is 10.7 Å². The van der Waals surface area contributed by atoms with Gasteiger partial charge in [-0.3, -0.25) is 9.59 Å². The van der Waals surface area contributed by atoms with Crippen LogP contribution in [0.1, 0.15) is 26.3 Å². The van der Waals surface area contributed by atoms with E-state index in [2.05, 4.69) is 23.2 Å². The molecule has 2 heterocycles. The molecule has 0 bridgehead atoms. The number of hydrogen-bond donors (Lipinski definition) is 1. The van der Waals surface area contributed by atoms with Gasteiger partial charge in [0.15, 0.2) is 10.9 Å². The summed E-state index contributed by atoms with van der Waals surface area (Å²) in [6.45, 7) is 6.43. The average molecular weight is 405 g/mol. The third kappa shape index (κ3) is 4.14. The minimum absolute atomic E-state index is 0.207. The smallest absolute Gasteiger partial charge is 0.283 e. The van der Waals surface area contributed by atoms with Crippen LogP contribution in [-0.4, -0.2) is 31.9 Å². The minimum atomic E-state index is -0.430. The van der Waals surface area contributed by atoms with E-state index < -0.39 is 5.56 Å². The van der Waals surface area contributed by atoms with E-state index in [1.807, 2.05) is 0 Å². The van der Waals surface area contributed by atoms with Crippen LogP contribution in [0.15, 0.2) is 39.5 Å². The summed E-state index contributed by atoms with van der Waals surface area (Å²) in [7, 11) is 0. The van der Waals surface area contributed by atoms with Gasteiger partial charge in [-0.2, -0.15) is 9.36 Å². The van der Waals surface area contributed by atoms with Gasteiger partial charge in [-0.1, -0.05) is 31.7 Å². The molecule has 0 aliphatic heterocycles. The number of allylic oxidation sites excluding steroid dienone is 4. The first kappa shape index (κ1) is 19.4. The lowest BCUT2D eigenvalue weighted by molar-refractivity contribution is -0.114. The fourth-order valence-corrected chi connectivity index (χ4v) is 4.22. The number of hydrogen-bond acceptors (Lipinski definition) is 8. The molecule has 0 unspecified atom stereocenters. The van der Waals surface area contributed by atoms with Crippen LogP contribution in [-0.2, 0) is 9.53 Å². The number of nitrogens with two attached hydrogens (primary N) is 1. The molecule has 0 fully saturated rings. The van der Waals surface area contributed by atoms with E-state index >= 15 is 0 Å². The van der Waals surface area contributed by atoms with Crippen molar-refractivity contribution in [3.63, 3.8) is 0 Å². The van der Waals surface area contributed by atoms with E-state index in [4.69, 9.17) is 10.5 Å². The van der Waals surface area contributed by atoms with Crippen LogP contribution in [0, 0.1) is 5.92 Å². The minimum Gasteiger partial charge on any atom is -0.490 e. The van der Waals surface area contributed by atoms with Gasteiger partial charge in [0.05, 0.1) is 12.2 Å². The Balaban J connectivity index is 2.06. The fraction of sp³-hybridized carbons (Fsp3) is 0.333. The van der Waals surface area contributed by atoms with Crippen molar-refractivity contribution in [1.29, 1.82) is 0 Å². The monoisotopic (exact) mass is 404 g/mol. The Morgan fingerprint density at radius 2 is 2.15 bits per heavy atom. The lowest BCUT2D eigenvalue weighted by Gasteiger charge is -2.10. The number of anilines is 1. The molecule has 1 aliphatic carbocycles. The van der Waals surface area contributed by atoms with Crippen LogP contribution >= 0.6 is 23.3 Å². The topological polar surface area (TPSA) is 99.6 Å². The zero-order valence-corrected chi connectivity index (χ0v) is 16.9. The van der Waals surface area contributed by atoms with Crippen LogP contribution in [0.25, 0.3) is 11.0 Å². The normalized spacial score (nSPS) is 15.8. The molecule has 9 heteroatoms. The van der Waals surface area contributed by atoms with Crippen molar-refractivity contribution in [3.8, 4) is 0 Å². The number of fused-ring (bicyclic) bond motifs is 1. The van der Waals surface area contributed by atoms with Gasteiger partial charge >= 0.3 is 0 Å². The summed E-state index contributed by atoms with van der Waals surface area (Å²) in [4.78, 5) is 28.8. The molecule has 3 rings (SSSR count). The maximum atomic E-state index is 12.5. The van der Waals surface area contributed by atoms with Crippen LogP contribution in [0.2, 0.25) is 0 Å². The molecule has 0 spiro atoms. The molecular formula is C18H20N4O3S2. The second kappa shape index (κ2) is 8.10. The third-order valence-electron chi connectivity index (χ3n) is 3.66. The Labute approximate surface area is 164 Å². The average Bonchev–Trinajstić information content (AvgIpc) is 3.02. The van der Waals surface area contributed by atoms with Gasteiger partial charge < -0.3 is 10.5 Å². The summed E-state index contributed by atoms with van der Waals surface area (Å²) in [5.41, 5.74) is 6.77. The first-order valence-electron chi connectivity index (χ1n) is 8.50. The number of ketones is 1. The summed E-state index contributed by atoms with van der Waals surface area (Å²) in [5.74, 6) is 1.70. The highest BCUT2D eigenvalue weighted by Crippen LogP contribution is 2.27. The number of ether oxygens (including phenoxy) is 1. The molecule has 2 N–H and O–H groups in total. The first-order chi connectivity index (χ1) is 12.9. The second-order valence-electron chi connectivity index (χ2n) is 6.29. The number of nitrogens with zero attached hydrogens (tertiary/aromatic N) is 3. The molecule has 2 aromatic rings. The van der Waals surface area contributed by atoms with Crippen LogP contribution in [0.5, 0.6) is 0 Å². The quantitative estimate of drug-likeness (QED) is 0.739. The summed E-state index contributed by atoms with van der Waals surface area (Å²) in [6, 6.07) is 0. The Morgan fingerprint density at radius 3 is 2.85 bits per heavy atom. The van der Waals surface area contributed by atoms with Gasteiger partial charge in [-0.15, -0.1) is 0 Å². The lowest BCUT2D eigenvalue weighted by atomic mass is 10.0. The first-order valence-corrected chi connectivity index (χ1v) is 10.3. The number of nitrogen functional groups attached to an aromatic ring is 1. The van der Waals surface area contributed by atoms with Gasteiger partial charge in [0, 0.05) is 17.3 Å². The van der Waals surface area contributed by atoms with Crippen molar-refractivity contribution >= 4 is 45.9 Å². The SMILES string of the molecule is CCOC1=CC(=Cc2c(N)n3c(SCC(C)C)nsc3nc2=O)C=CC1=O. The zero-order valence-electron chi connectivity index (χ0n) is 15.3. The van der Waals surface area contributed by atoms with E-state index in [-0.39, 0.29) is 22.9 Å². The highest BCUT2D eigenvalue weighted by molar-refractivity contribution is 7.99. The number of aromatic nitrogens is 3. The van der Waals surface area contributed by atoms with Gasteiger partial charge in [-0.25, -0.2) is 4.40 Å². The predicted octanol–water partition coefficient (Wildman–Crippen LogP) is 2.92. The fourth-order valence-electron chi connectivity index (χ4n) is 2.41. The predicted molar refractivity (Wildman–Crippen MR) is 109 cm³/mol. The highest BCUT2D eigenvalue weighted by atomic mass is 32.2. The Bertz CT molecular complexity index is 1030. The molecule has 142 valence electrons. The zero-order chi connectivity index (χ0) is 19.6. The van der Waals surface area contributed by atoms with Crippen molar-refractivity contribution in [2.24, 2.45) is 5.92 Å². The number of rotatable bonds is 6. The van der Waals surface area contributed by atoms with E-state index in [1.54, 1.807) is 41.3 Å². The summed E-state index contributed by atoms with van der Waals surface area (Å²) in [6.07, 6.45) is 6.25. The van der Waals surface area contributed by atoms with E-state index in [9.17, 15) is 9.59 Å². The molecule has 0 saturated carbocycles. The van der Waals surface area contributed by atoms with Crippen molar-refractivity contribution in [1.82, 2.24) is 13.8 Å². The molecule has 7 nitrogen and oxygen atoms in total. The summed E-state index contributed by atoms with van der Waals surface area (Å²) in [5, 5.41) is 0.716. The van der Waals surface area contributed by atoms with Crippen LogP contribution in [0.3, 0.4) is 0 Å². The van der Waals surface area contributed by atoms with E-state index in [0.29, 0.717) is 28.2 Å². The number of carbonyl (C=O) groups excluding carboxylic acids is 1. The maximum Gasteiger partial charge on any atom is 0.283 e. The van der Waals surface area contributed by atoms with E-state index in [1.165, 1.54) is 6.08 Å². The molecule has 27 heavy (non-hydrogen) atoms. The van der Waals surface area contributed by atoms with Crippen molar-refractivity contribution in [2.45, 2.75) is 25.9 Å². The molecule has 0 amide bonds. The van der Waals surface area contributed by atoms with Gasteiger partial charge in [0.1, 0.15) is 5.82 Å².